The largest absolute Gasteiger partial charge is 0.344 e. The quantitative estimate of drug-likeness (QED) is 0.928. The Morgan fingerprint density at radius 1 is 1.21 bits per heavy atom. The lowest BCUT2D eigenvalue weighted by Crippen LogP contribution is -2.42. The van der Waals surface area contributed by atoms with E-state index in [1.54, 1.807) is 11.0 Å². The van der Waals surface area contributed by atoms with Gasteiger partial charge in [0, 0.05) is 17.3 Å². The number of carbonyl (C=O) groups is 2. The van der Waals surface area contributed by atoms with Crippen LogP contribution in [-0.4, -0.2) is 24.4 Å². The number of nitrogens with one attached hydrogen (secondary N) is 1. The summed E-state index contributed by atoms with van der Waals surface area (Å²) in [6.45, 7) is 2.62. The van der Waals surface area contributed by atoms with Crippen LogP contribution in [0.25, 0.3) is 0 Å². The summed E-state index contributed by atoms with van der Waals surface area (Å²) in [5.41, 5.74) is 2.78. The highest BCUT2D eigenvalue weighted by molar-refractivity contribution is 6.31. The fourth-order valence-electron chi connectivity index (χ4n) is 2.86. The van der Waals surface area contributed by atoms with Gasteiger partial charge in [0.15, 0.2) is 0 Å². The first kappa shape index (κ1) is 16.5. The zero-order valence-corrected chi connectivity index (χ0v) is 14.2. The molecule has 4 nitrogen and oxygen atoms in total. The van der Waals surface area contributed by atoms with Crippen molar-refractivity contribution in [3.05, 3.63) is 64.7 Å². The molecule has 2 aromatic carbocycles. The lowest BCUT2D eigenvalue weighted by molar-refractivity contribution is -0.126. The molecular weight excluding hydrogens is 324 g/mol. The number of amides is 2. The van der Waals surface area contributed by atoms with Crippen molar-refractivity contribution < 1.29 is 9.59 Å². The van der Waals surface area contributed by atoms with Crippen molar-refractivity contribution in [1.82, 2.24) is 5.32 Å². The van der Waals surface area contributed by atoms with E-state index < -0.39 is 6.04 Å². The number of carbonyl (C=O) groups excluding carboxylic acids is 2. The SMILES string of the molecule is Cc1ccc(N2CC[C@H](NC(=O)Cc3ccccc3Cl)C2=O)cc1. The molecular formula is C19H19ClN2O2. The van der Waals surface area contributed by atoms with Gasteiger partial charge in [-0.2, -0.15) is 0 Å². The highest BCUT2D eigenvalue weighted by Crippen LogP contribution is 2.22. The van der Waals surface area contributed by atoms with Crippen LogP contribution in [0.5, 0.6) is 0 Å². The lowest BCUT2D eigenvalue weighted by Gasteiger charge is -2.17. The van der Waals surface area contributed by atoms with Gasteiger partial charge < -0.3 is 10.2 Å². The minimum absolute atomic E-state index is 0.0636. The number of halogens is 1. The predicted octanol–water partition coefficient (Wildman–Crippen LogP) is 3.11. The molecule has 2 aromatic rings. The maximum atomic E-state index is 12.5. The number of hydrogen-bond donors (Lipinski definition) is 1. The molecule has 0 spiro atoms. The highest BCUT2D eigenvalue weighted by atomic mass is 35.5. The van der Waals surface area contributed by atoms with Crippen LogP contribution in [0.3, 0.4) is 0 Å². The van der Waals surface area contributed by atoms with Gasteiger partial charge in [-0.3, -0.25) is 9.59 Å². The fraction of sp³-hybridized carbons (Fsp3) is 0.263. The van der Waals surface area contributed by atoms with Gasteiger partial charge in [-0.1, -0.05) is 47.5 Å². The fourth-order valence-corrected chi connectivity index (χ4v) is 3.06. The zero-order chi connectivity index (χ0) is 17.1. The zero-order valence-electron chi connectivity index (χ0n) is 13.5. The Kier molecular flexibility index (Phi) is 4.86. The summed E-state index contributed by atoms with van der Waals surface area (Å²) in [5, 5.41) is 3.39. The van der Waals surface area contributed by atoms with Crippen LogP contribution >= 0.6 is 11.6 Å². The molecule has 3 rings (SSSR count). The molecule has 1 heterocycles. The van der Waals surface area contributed by atoms with E-state index in [1.807, 2.05) is 49.4 Å². The topological polar surface area (TPSA) is 49.4 Å². The molecule has 1 fully saturated rings. The van der Waals surface area contributed by atoms with Crippen molar-refractivity contribution in [3.63, 3.8) is 0 Å². The van der Waals surface area contributed by atoms with Crippen LogP contribution in [0.1, 0.15) is 17.5 Å². The van der Waals surface area contributed by atoms with E-state index in [1.165, 1.54) is 0 Å². The lowest BCUT2D eigenvalue weighted by atomic mass is 10.1. The molecule has 0 radical (unpaired) electrons. The van der Waals surface area contributed by atoms with Gasteiger partial charge in [0.1, 0.15) is 6.04 Å². The average Bonchev–Trinajstić information content (AvgIpc) is 2.91. The number of nitrogens with zero attached hydrogens (tertiary/aromatic N) is 1. The van der Waals surface area contributed by atoms with Crippen LogP contribution in [0.2, 0.25) is 5.02 Å². The van der Waals surface area contributed by atoms with Gasteiger partial charge in [0.2, 0.25) is 11.8 Å². The molecule has 1 aliphatic heterocycles. The first-order chi connectivity index (χ1) is 11.5. The maximum absolute atomic E-state index is 12.5. The second-order valence-electron chi connectivity index (χ2n) is 6.00. The number of rotatable bonds is 4. The molecule has 24 heavy (non-hydrogen) atoms. The molecule has 124 valence electrons. The van der Waals surface area contributed by atoms with Gasteiger partial charge in [-0.15, -0.1) is 0 Å². The van der Waals surface area contributed by atoms with Crippen LogP contribution < -0.4 is 10.2 Å². The molecule has 1 N–H and O–H groups in total. The first-order valence-corrected chi connectivity index (χ1v) is 8.33. The summed E-state index contributed by atoms with van der Waals surface area (Å²) >= 11 is 6.07. The monoisotopic (exact) mass is 342 g/mol. The van der Waals surface area contributed by atoms with Crippen LogP contribution in [0.15, 0.2) is 48.5 Å². The van der Waals surface area contributed by atoms with Gasteiger partial charge in [-0.25, -0.2) is 0 Å². The van der Waals surface area contributed by atoms with Crippen LogP contribution in [0.4, 0.5) is 5.69 Å². The van der Waals surface area contributed by atoms with E-state index >= 15 is 0 Å². The van der Waals surface area contributed by atoms with Crippen molar-refractivity contribution in [3.8, 4) is 0 Å². The molecule has 0 aromatic heterocycles. The molecule has 1 atom stereocenters. The summed E-state index contributed by atoms with van der Waals surface area (Å²) in [6, 6.07) is 14.6. The first-order valence-electron chi connectivity index (χ1n) is 7.95. The smallest absolute Gasteiger partial charge is 0.249 e. The van der Waals surface area contributed by atoms with E-state index in [2.05, 4.69) is 5.32 Å². The molecule has 0 bridgehead atoms. The third kappa shape index (κ3) is 3.60. The third-order valence-corrected chi connectivity index (χ3v) is 4.56. The van der Waals surface area contributed by atoms with Crippen molar-refractivity contribution in [2.75, 3.05) is 11.4 Å². The van der Waals surface area contributed by atoms with Crippen molar-refractivity contribution >= 4 is 29.1 Å². The molecule has 1 aliphatic rings. The summed E-state index contributed by atoms with van der Waals surface area (Å²) in [4.78, 5) is 26.5. The third-order valence-electron chi connectivity index (χ3n) is 4.20. The van der Waals surface area contributed by atoms with Gasteiger partial charge in [-0.05, 0) is 37.1 Å². The minimum atomic E-state index is -0.471. The number of benzene rings is 2. The molecule has 2 amide bonds. The summed E-state index contributed by atoms with van der Waals surface area (Å²) in [5.74, 6) is -0.251. The highest BCUT2D eigenvalue weighted by Gasteiger charge is 2.33. The summed E-state index contributed by atoms with van der Waals surface area (Å²) < 4.78 is 0. The normalized spacial score (nSPS) is 17.2. The van der Waals surface area contributed by atoms with Crippen molar-refractivity contribution in [2.45, 2.75) is 25.8 Å². The van der Waals surface area contributed by atoms with E-state index in [4.69, 9.17) is 11.6 Å². The van der Waals surface area contributed by atoms with Crippen molar-refractivity contribution in [1.29, 1.82) is 0 Å². The summed E-state index contributed by atoms with van der Waals surface area (Å²) in [7, 11) is 0. The Bertz CT molecular complexity index is 758. The molecule has 5 heteroatoms. The Balaban J connectivity index is 1.62. The molecule has 1 saturated heterocycles. The molecule has 0 saturated carbocycles. The van der Waals surface area contributed by atoms with Crippen LogP contribution in [0, 0.1) is 6.92 Å². The second kappa shape index (κ2) is 7.05. The number of aryl methyl sites for hydroxylation is 1. The van der Waals surface area contributed by atoms with Crippen LogP contribution in [-0.2, 0) is 16.0 Å². The summed E-state index contributed by atoms with van der Waals surface area (Å²) in [6.07, 6.45) is 0.787. The van der Waals surface area contributed by atoms with E-state index in [-0.39, 0.29) is 18.2 Å². The molecule has 0 unspecified atom stereocenters. The minimum Gasteiger partial charge on any atom is -0.344 e. The maximum Gasteiger partial charge on any atom is 0.249 e. The Morgan fingerprint density at radius 3 is 2.62 bits per heavy atom. The van der Waals surface area contributed by atoms with Crippen molar-refractivity contribution in [2.24, 2.45) is 0 Å². The Labute approximate surface area is 146 Å². The average molecular weight is 343 g/mol. The van der Waals surface area contributed by atoms with Gasteiger partial charge in [0.25, 0.3) is 0 Å². The second-order valence-corrected chi connectivity index (χ2v) is 6.41. The van der Waals surface area contributed by atoms with Gasteiger partial charge >= 0.3 is 0 Å². The Morgan fingerprint density at radius 2 is 1.92 bits per heavy atom. The van der Waals surface area contributed by atoms with E-state index in [0.717, 1.165) is 16.8 Å². The number of anilines is 1. The number of hydrogen-bond acceptors (Lipinski definition) is 2. The van der Waals surface area contributed by atoms with E-state index in [0.29, 0.717) is 18.0 Å². The van der Waals surface area contributed by atoms with Gasteiger partial charge in [0.05, 0.1) is 6.42 Å². The van der Waals surface area contributed by atoms with E-state index in [9.17, 15) is 9.59 Å². The standard InChI is InChI=1S/C19H19ClN2O2/c1-13-6-8-15(9-7-13)22-11-10-17(19(22)24)21-18(23)12-14-4-2-3-5-16(14)20/h2-9,17H,10-12H2,1H3,(H,21,23)/t17-/m0/s1. The molecule has 0 aliphatic carbocycles. The predicted molar refractivity (Wildman–Crippen MR) is 95.2 cm³/mol. The Hall–Kier alpha value is -2.33.